The van der Waals surface area contributed by atoms with E-state index in [1.165, 1.54) is 12.5 Å². The Morgan fingerprint density at radius 3 is 2.96 bits per heavy atom. The van der Waals surface area contributed by atoms with E-state index in [2.05, 4.69) is 25.3 Å². The molecule has 0 bridgehead atoms. The molecule has 1 fully saturated rings. The number of carbonyl (C=O) groups excluding carboxylic acids is 1. The van der Waals surface area contributed by atoms with Crippen LogP contribution in [0.4, 0.5) is 17.2 Å². The van der Waals surface area contributed by atoms with Crippen molar-refractivity contribution in [2.75, 3.05) is 29.0 Å². The van der Waals surface area contributed by atoms with E-state index in [0.29, 0.717) is 5.69 Å². The van der Waals surface area contributed by atoms with Crippen LogP contribution < -0.4 is 21.7 Å². The van der Waals surface area contributed by atoms with Gasteiger partial charge in [0, 0.05) is 26.2 Å². The van der Waals surface area contributed by atoms with Gasteiger partial charge >= 0.3 is 0 Å². The molecule has 1 unspecified atom stereocenters. The molecular weight excluding hydrogens is 308 g/mol. The number of amides is 1. The van der Waals surface area contributed by atoms with Gasteiger partial charge in [0.25, 0.3) is 5.91 Å². The Morgan fingerprint density at radius 2 is 2.17 bits per heavy atom. The molecular formula is C15H22N8O. The molecule has 0 aromatic carbocycles. The molecule has 9 heteroatoms. The molecule has 0 spiro atoms. The molecule has 9 nitrogen and oxygen atoms in total. The number of nitrogens with one attached hydrogen (secondary N) is 1. The molecule has 24 heavy (non-hydrogen) atoms. The molecule has 3 heterocycles. The predicted octanol–water partition coefficient (Wildman–Crippen LogP) is 0.362. The first-order valence-corrected chi connectivity index (χ1v) is 7.95. The second-order valence-electron chi connectivity index (χ2n) is 5.96. The highest BCUT2D eigenvalue weighted by Gasteiger charge is 2.22. The second kappa shape index (κ2) is 6.83. The highest BCUT2D eigenvalue weighted by atomic mass is 16.1. The summed E-state index contributed by atoms with van der Waals surface area (Å²) in [6.07, 6.45) is 7.27. The quantitative estimate of drug-likeness (QED) is 0.741. The summed E-state index contributed by atoms with van der Waals surface area (Å²) in [5.41, 5.74) is 12.8. The number of aryl methyl sites for hydroxylation is 1. The van der Waals surface area contributed by atoms with Crippen LogP contribution in [0.3, 0.4) is 0 Å². The summed E-state index contributed by atoms with van der Waals surface area (Å²) in [5.74, 6) is 0.487. The zero-order chi connectivity index (χ0) is 17.1. The standard InChI is InChI=1S/C15H22N8O/c1-22-15(23-5-2-3-10(16)4-6-23)12(8-20-22)21-14(24)13-11(17)7-18-9-19-13/h7-10H,2-6,16-17H2,1H3,(H,21,24). The van der Waals surface area contributed by atoms with Crippen LogP contribution in [-0.2, 0) is 7.05 Å². The van der Waals surface area contributed by atoms with Crippen molar-refractivity contribution in [1.29, 1.82) is 0 Å². The fraction of sp³-hybridized carbons (Fsp3) is 0.467. The van der Waals surface area contributed by atoms with Crippen molar-refractivity contribution in [3.8, 4) is 0 Å². The second-order valence-corrected chi connectivity index (χ2v) is 5.96. The molecule has 5 N–H and O–H groups in total. The van der Waals surface area contributed by atoms with Crippen molar-refractivity contribution >= 4 is 23.1 Å². The zero-order valence-electron chi connectivity index (χ0n) is 13.6. The van der Waals surface area contributed by atoms with Gasteiger partial charge in [0.15, 0.2) is 11.5 Å². The van der Waals surface area contributed by atoms with Gasteiger partial charge in [0.2, 0.25) is 0 Å². The Hall–Kier alpha value is -2.68. The fourth-order valence-electron chi connectivity index (χ4n) is 2.94. The lowest BCUT2D eigenvalue weighted by Crippen LogP contribution is -2.29. The van der Waals surface area contributed by atoms with Crippen LogP contribution in [0.1, 0.15) is 29.8 Å². The number of nitrogens with zero attached hydrogens (tertiary/aromatic N) is 5. The molecule has 1 saturated heterocycles. The lowest BCUT2D eigenvalue weighted by molar-refractivity contribution is 0.102. The summed E-state index contributed by atoms with van der Waals surface area (Å²) in [5, 5.41) is 7.13. The number of aromatic nitrogens is 4. The van der Waals surface area contributed by atoms with Gasteiger partial charge in [-0.15, -0.1) is 0 Å². The van der Waals surface area contributed by atoms with Gasteiger partial charge < -0.3 is 21.7 Å². The van der Waals surface area contributed by atoms with Crippen molar-refractivity contribution in [3.63, 3.8) is 0 Å². The summed E-state index contributed by atoms with van der Waals surface area (Å²) in [7, 11) is 1.86. The first kappa shape index (κ1) is 16.2. The summed E-state index contributed by atoms with van der Waals surface area (Å²) >= 11 is 0. The Balaban J connectivity index is 1.82. The minimum atomic E-state index is -0.379. The van der Waals surface area contributed by atoms with E-state index in [-0.39, 0.29) is 23.3 Å². The van der Waals surface area contributed by atoms with E-state index in [0.717, 1.165) is 38.2 Å². The predicted molar refractivity (Wildman–Crippen MR) is 91.6 cm³/mol. The zero-order valence-corrected chi connectivity index (χ0v) is 13.6. The molecule has 1 amide bonds. The maximum atomic E-state index is 12.4. The average Bonchev–Trinajstić information content (AvgIpc) is 2.77. The van der Waals surface area contributed by atoms with Crippen LogP contribution in [0.2, 0.25) is 0 Å². The number of nitrogens with two attached hydrogens (primary N) is 2. The third kappa shape index (κ3) is 3.30. The average molecular weight is 330 g/mol. The van der Waals surface area contributed by atoms with Crippen molar-refractivity contribution in [2.45, 2.75) is 25.3 Å². The van der Waals surface area contributed by atoms with Gasteiger partial charge in [0.1, 0.15) is 12.0 Å². The number of anilines is 3. The third-order valence-corrected chi connectivity index (χ3v) is 4.18. The summed E-state index contributed by atoms with van der Waals surface area (Å²) in [4.78, 5) is 22.4. The van der Waals surface area contributed by atoms with E-state index in [1.807, 2.05) is 7.05 Å². The Kier molecular flexibility index (Phi) is 4.61. The number of carbonyl (C=O) groups is 1. The van der Waals surface area contributed by atoms with Crippen LogP contribution in [-0.4, -0.2) is 44.8 Å². The first-order valence-electron chi connectivity index (χ1n) is 7.95. The number of hydrogen-bond acceptors (Lipinski definition) is 7. The van der Waals surface area contributed by atoms with Crippen molar-refractivity contribution in [3.05, 3.63) is 24.4 Å². The lowest BCUT2D eigenvalue weighted by atomic mass is 10.1. The van der Waals surface area contributed by atoms with Crippen LogP contribution in [0.15, 0.2) is 18.7 Å². The van der Waals surface area contributed by atoms with Gasteiger partial charge in [-0.3, -0.25) is 9.48 Å². The number of rotatable bonds is 3. The van der Waals surface area contributed by atoms with Crippen LogP contribution >= 0.6 is 0 Å². The van der Waals surface area contributed by atoms with E-state index < -0.39 is 0 Å². The molecule has 2 aromatic heterocycles. The lowest BCUT2D eigenvalue weighted by Gasteiger charge is -2.24. The molecule has 1 aliphatic rings. The number of hydrogen-bond donors (Lipinski definition) is 3. The summed E-state index contributed by atoms with van der Waals surface area (Å²) in [6, 6.07) is 0.224. The molecule has 3 rings (SSSR count). The fourth-order valence-corrected chi connectivity index (χ4v) is 2.94. The highest BCUT2D eigenvalue weighted by molar-refractivity contribution is 6.07. The number of nitrogen functional groups attached to an aromatic ring is 1. The molecule has 1 aliphatic heterocycles. The maximum absolute atomic E-state index is 12.4. The van der Waals surface area contributed by atoms with Crippen molar-refractivity contribution < 1.29 is 4.79 Å². The van der Waals surface area contributed by atoms with Gasteiger partial charge in [-0.05, 0) is 19.3 Å². The van der Waals surface area contributed by atoms with Crippen LogP contribution in [0, 0.1) is 0 Å². The van der Waals surface area contributed by atoms with Gasteiger partial charge in [-0.25, -0.2) is 9.97 Å². The molecule has 0 aliphatic carbocycles. The van der Waals surface area contributed by atoms with Crippen molar-refractivity contribution in [2.24, 2.45) is 12.8 Å². The smallest absolute Gasteiger partial charge is 0.276 e. The SMILES string of the molecule is Cn1ncc(NC(=O)c2ncncc2N)c1N1CCCC(N)CC1. The first-order chi connectivity index (χ1) is 11.6. The topological polar surface area (TPSA) is 128 Å². The summed E-state index contributed by atoms with van der Waals surface area (Å²) < 4.78 is 1.76. The molecule has 1 atom stereocenters. The molecule has 2 aromatic rings. The minimum absolute atomic E-state index is 0.151. The highest BCUT2D eigenvalue weighted by Crippen LogP contribution is 2.28. The molecule has 0 radical (unpaired) electrons. The van der Waals surface area contributed by atoms with E-state index in [9.17, 15) is 4.79 Å². The van der Waals surface area contributed by atoms with E-state index in [1.54, 1.807) is 10.9 Å². The van der Waals surface area contributed by atoms with Gasteiger partial charge in [0.05, 0.1) is 18.1 Å². The molecule has 128 valence electrons. The largest absolute Gasteiger partial charge is 0.396 e. The summed E-state index contributed by atoms with van der Waals surface area (Å²) in [6.45, 7) is 1.71. The monoisotopic (exact) mass is 330 g/mol. The van der Waals surface area contributed by atoms with Crippen LogP contribution in [0.5, 0.6) is 0 Å². The van der Waals surface area contributed by atoms with Gasteiger partial charge in [-0.2, -0.15) is 5.10 Å². The molecule has 0 saturated carbocycles. The Bertz CT molecular complexity index is 728. The minimum Gasteiger partial charge on any atom is -0.396 e. The normalized spacial score (nSPS) is 18.2. The maximum Gasteiger partial charge on any atom is 0.276 e. The Labute approximate surface area is 140 Å². The third-order valence-electron chi connectivity index (χ3n) is 4.18. The van der Waals surface area contributed by atoms with Crippen LogP contribution in [0.25, 0.3) is 0 Å². The van der Waals surface area contributed by atoms with Gasteiger partial charge in [-0.1, -0.05) is 0 Å². The Morgan fingerprint density at radius 1 is 1.33 bits per heavy atom. The van der Waals surface area contributed by atoms with E-state index in [4.69, 9.17) is 11.5 Å². The van der Waals surface area contributed by atoms with E-state index >= 15 is 0 Å². The van der Waals surface area contributed by atoms with Crippen molar-refractivity contribution in [1.82, 2.24) is 19.7 Å².